The van der Waals surface area contributed by atoms with Crippen molar-refractivity contribution in [1.29, 1.82) is 5.26 Å². The van der Waals surface area contributed by atoms with Crippen LogP contribution in [-0.4, -0.2) is 33.9 Å². The lowest BCUT2D eigenvalue weighted by Gasteiger charge is -2.19. The van der Waals surface area contributed by atoms with E-state index in [1.54, 1.807) is 18.3 Å². The van der Waals surface area contributed by atoms with Crippen LogP contribution in [0.25, 0.3) is 0 Å². The molecule has 2 aromatic heterocycles. The number of halogens is 1. The molecule has 1 aliphatic heterocycles. The highest BCUT2D eigenvalue weighted by Crippen LogP contribution is 2.34. The van der Waals surface area contributed by atoms with Crippen molar-refractivity contribution >= 4 is 35.1 Å². The van der Waals surface area contributed by atoms with Crippen LogP contribution in [0.3, 0.4) is 0 Å². The molecule has 1 N–H and O–H groups in total. The summed E-state index contributed by atoms with van der Waals surface area (Å²) in [5.74, 6) is 0.626. The number of fused-ring (bicyclic) bond motifs is 1. The Morgan fingerprint density at radius 2 is 2.28 bits per heavy atom. The number of nitrogens with one attached hydrogen (secondary N) is 1. The Bertz CT molecular complexity index is 947. The molecule has 1 saturated heterocycles. The third kappa shape index (κ3) is 4.45. The molecule has 3 heterocycles. The third-order valence-corrected chi connectivity index (χ3v) is 6.84. The summed E-state index contributed by atoms with van der Waals surface area (Å²) in [6.45, 7) is 1.46. The lowest BCUT2D eigenvalue weighted by Crippen LogP contribution is -2.23. The van der Waals surface area contributed by atoms with Crippen LogP contribution in [0.15, 0.2) is 23.4 Å². The minimum atomic E-state index is -0.170. The Labute approximate surface area is 179 Å². The zero-order valence-electron chi connectivity index (χ0n) is 16.1. The number of anilines is 1. The van der Waals surface area contributed by atoms with Gasteiger partial charge in [-0.3, -0.25) is 4.79 Å². The fourth-order valence-electron chi connectivity index (χ4n) is 4.09. The number of nitriles is 1. The molecule has 0 saturated carbocycles. The zero-order valence-corrected chi connectivity index (χ0v) is 17.7. The first kappa shape index (κ1) is 20.3. The molecule has 1 fully saturated rings. The van der Waals surface area contributed by atoms with Crippen molar-refractivity contribution in [2.75, 3.05) is 17.7 Å². The minimum absolute atomic E-state index is 0.136. The maximum atomic E-state index is 12.7. The number of aromatic nitrogens is 2. The topological polar surface area (TPSA) is 79.9 Å². The quantitative estimate of drug-likeness (QED) is 0.695. The molecule has 29 heavy (non-hydrogen) atoms. The van der Waals surface area contributed by atoms with Crippen LogP contribution in [0.2, 0.25) is 5.02 Å². The van der Waals surface area contributed by atoms with E-state index in [9.17, 15) is 10.1 Å². The predicted octanol–water partition coefficient (Wildman–Crippen LogP) is 4.20. The van der Waals surface area contributed by atoms with Crippen LogP contribution in [-0.2, 0) is 28.9 Å². The molecular formula is C21H23ClN4O2S. The molecule has 152 valence electrons. The molecule has 1 atom stereocenters. The Kier molecular flexibility index (Phi) is 6.43. The van der Waals surface area contributed by atoms with Crippen LogP contribution >= 0.6 is 23.4 Å². The van der Waals surface area contributed by atoms with Crippen molar-refractivity contribution < 1.29 is 9.53 Å². The van der Waals surface area contributed by atoms with Gasteiger partial charge in [0, 0.05) is 18.5 Å². The Balaban J connectivity index is 1.56. The first-order valence-corrected chi connectivity index (χ1v) is 11.3. The molecule has 1 amide bonds. The molecule has 1 unspecified atom stereocenters. The average Bonchev–Trinajstić information content (AvgIpc) is 3.34. The SMILES string of the molecule is N#Cc1c2c(n(CC3CCCO3)c1NC(=O)CSc1ncccc1Cl)CCCC2. The van der Waals surface area contributed by atoms with E-state index >= 15 is 0 Å². The second-order valence-corrected chi connectivity index (χ2v) is 8.71. The smallest absolute Gasteiger partial charge is 0.235 e. The summed E-state index contributed by atoms with van der Waals surface area (Å²) in [6, 6.07) is 5.85. The standard InChI is InChI=1S/C21H23ClN4O2S/c22-17-7-3-9-24-21(17)29-13-19(27)25-20-16(11-23)15-6-1-2-8-18(15)26(20)12-14-5-4-10-28-14/h3,7,9,14H,1-2,4-6,8,10,12-13H2,(H,25,27). The average molecular weight is 431 g/mol. The van der Waals surface area contributed by atoms with E-state index in [0.717, 1.165) is 50.7 Å². The number of hydrogen-bond acceptors (Lipinski definition) is 5. The summed E-state index contributed by atoms with van der Waals surface area (Å²) in [7, 11) is 0. The Hall–Kier alpha value is -2.01. The summed E-state index contributed by atoms with van der Waals surface area (Å²) in [5, 5.41) is 14.0. The Morgan fingerprint density at radius 1 is 1.41 bits per heavy atom. The number of rotatable bonds is 6. The fourth-order valence-corrected chi connectivity index (χ4v) is 5.06. The minimum Gasteiger partial charge on any atom is -0.376 e. The first-order chi connectivity index (χ1) is 14.2. The molecular weight excluding hydrogens is 408 g/mol. The highest BCUT2D eigenvalue weighted by molar-refractivity contribution is 8.00. The van der Waals surface area contributed by atoms with Crippen molar-refractivity contribution in [2.45, 2.75) is 56.2 Å². The number of hydrogen-bond donors (Lipinski definition) is 1. The van der Waals surface area contributed by atoms with Gasteiger partial charge < -0.3 is 14.6 Å². The van der Waals surface area contributed by atoms with Gasteiger partial charge in [0.25, 0.3) is 0 Å². The lowest BCUT2D eigenvalue weighted by molar-refractivity contribution is -0.113. The van der Waals surface area contributed by atoms with Gasteiger partial charge in [0.1, 0.15) is 16.9 Å². The van der Waals surface area contributed by atoms with Gasteiger partial charge in [0.15, 0.2) is 0 Å². The van der Waals surface area contributed by atoms with Crippen LogP contribution in [0.5, 0.6) is 0 Å². The monoisotopic (exact) mass is 430 g/mol. The Morgan fingerprint density at radius 3 is 3.03 bits per heavy atom. The van der Waals surface area contributed by atoms with Crippen LogP contribution in [0.1, 0.15) is 42.5 Å². The van der Waals surface area contributed by atoms with Crippen molar-refractivity contribution in [3.05, 3.63) is 40.2 Å². The summed E-state index contributed by atoms with van der Waals surface area (Å²) in [4.78, 5) is 16.9. The van der Waals surface area contributed by atoms with Crippen molar-refractivity contribution in [3.8, 4) is 6.07 Å². The summed E-state index contributed by atoms with van der Waals surface area (Å²) in [5.41, 5.74) is 2.87. The highest BCUT2D eigenvalue weighted by Gasteiger charge is 2.28. The van der Waals surface area contributed by atoms with E-state index in [2.05, 4.69) is 20.9 Å². The molecule has 1 aliphatic carbocycles. The van der Waals surface area contributed by atoms with E-state index < -0.39 is 0 Å². The number of pyridine rings is 1. The summed E-state index contributed by atoms with van der Waals surface area (Å²) < 4.78 is 7.95. The molecule has 0 spiro atoms. The van der Waals surface area contributed by atoms with Gasteiger partial charge in [0.05, 0.1) is 29.0 Å². The van der Waals surface area contributed by atoms with Crippen molar-refractivity contribution in [2.24, 2.45) is 0 Å². The van der Waals surface area contributed by atoms with E-state index in [1.165, 1.54) is 17.5 Å². The van der Waals surface area contributed by atoms with Gasteiger partial charge in [-0.15, -0.1) is 0 Å². The predicted molar refractivity (Wildman–Crippen MR) is 113 cm³/mol. The molecule has 8 heteroatoms. The number of carbonyl (C=O) groups excluding carboxylic acids is 1. The van der Waals surface area contributed by atoms with Crippen LogP contribution in [0, 0.1) is 11.3 Å². The van der Waals surface area contributed by atoms with Gasteiger partial charge in [-0.1, -0.05) is 23.4 Å². The number of thioether (sulfide) groups is 1. The van der Waals surface area contributed by atoms with Crippen LogP contribution < -0.4 is 5.32 Å². The first-order valence-electron chi connectivity index (χ1n) is 9.96. The van der Waals surface area contributed by atoms with Gasteiger partial charge in [-0.05, 0) is 56.2 Å². The molecule has 2 aliphatic rings. The third-order valence-electron chi connectivity index (χ3n) is 5.42. The van der Waals surface area contributed by atoms with Crippen molar-refractivity contribution in [1.82, 2.24) is 9.55 Å². The summed E-state index contributed by atoms with van der Waals surface area (Å²) >= 11 is 7.42. The number of carbonyl (C=O) groups is 1. The highest BCUT2D eigenvalue weighted by atomic mass is 35.5. The maximum Gasteiger partial charge on any atom is 0.235 e. The number of nitrogens with zero attached hydrogens (tertiary/aromatic N) is 3. The van der Waals surface area contributed by atoms with Gasteiger partial charge in [-0.25, -0.2) is 4.98 Å². The second-order valence-electron chi connectivity index (χ2n) is 7.34. The second kappa shape index (κ2) is 9.21. The zero-order chi connectivity index (χ0) is 20.2. The van der Waals surface area contributed by atoms with Gasteiger partial charge >= 0.3 is 0 Å². The van der Waals surface area contributed by atoms with E-state index in [-0.39, 0.29) is 17.8 Å². The molecule has 0 radical (unpaired) electrons. The van der Waals surface area contributed by atoms with E-state index in [1.807, 2.05) is 0 Å². The molecule has 0 aromatic carbocycles. The van der Waals surface area contributed by atoms with E-state index in [4.69, 9.17) is 16.3 Å². The maximum absolute atomic E-state index is 12.7. The normalized spacial score (nSPS) is 18.3. The molecule has 6 nitrogen and oxygen atoms in total. The van der Waals surface area contributed by atoms with Crippen molar-refractivity contribution in [3.63, 3.8) is 0 Å². The largest absolute Gasteiger partial charge is 0.376 e. The van der Waals surface area contributed by atoms with Gasteiger partial charge in [-0.2, -0.15) is 5.26 Å². The molecule has 0 bridgehead atoms. The van der Waals surface area contributed by atoms with Gasteiger partial charge in [0.2, 0.25) is 5.91 Å². The summed E-state index contributed by atoms with van der Waals surface area (Å²) in [6.07, 6.45) is 7.86. The fraction of sp³-hybridized carbons (Fsp3) is 0.476. The lowest BCUT2D eigenvalue weighted by atomic mass is 9.95. The van der Waals surface area contributed by atoms with Crippen LogP contribution in [0.4, 0.5) is 5.82 Å². The molecule has 2 aromatic rings. The number of amides is 1. The van der Waals surface area contributed by atoms with E-state index in [0.29, 0.717) is 28.0 Å². The molecule has 4 rings (SSSR count). The number of ether oxygens (including phenoxy) is 1.